The number of rotatable bonds is 6. The monoisotopic (exact) mass is 319 g/mol. The highest BCUT2D eigenvalue weighted by Gasteiger charge is 2.14. The Balaban J connectivity index is 1.70. The molecule has 0 saturated carbocycles. The molecule has 1 atom stereocenters. The Morgan fingerprint density at radius 2 is 1.88 bits per heavy atom. The molecule has 2 aromatic carbocycles. The van der Waals surface area contributed by atoms with Crippen LogP contribution in [0.3, 0.4) is 0 Å². The molecule has 24 heavy (non-hydrogen) atoms. The van der Waals surface area contributed by atoms with Crippen molar-refractivity contribution in [3.8, 4) is 0 Å². The van der Waals surface area contributed by atoms with Gasteiger partial charge >= 0.3 is 0 Å². The van der Waals surface area contributed by atoms with E-state index < -0.39 is 0 Å². The molecule has 1 unspecified atom stereocenters. The summed E-state index contributed by atoms with van der Waals surface area (Å²) in [6.07, 6.45) is 6.14. The Bertz CT molecular complexity index is 782. The number of hydrogen-bond acceptors (Lipinski definition) is 2. The zero-order valence-electron chi connectivity index (χ0n) is 13.7. The fourth-order valence-corrected chi connectivity index (χ4v) is 2.77. The van der Waals surface area contributed by atoms with Crippen molar-refractivity contribution >= 4 is 5.91 Å². The van der Waals surface area contributed by atoms with Gasteiger partial charge in [-0.2, -0.15) is 0 Å². The first-order valence-electron chi connectivity index (χ1n) is 8.11. The Hall–Kier alpha value is -2.88. The van der Waals surface area contributed by atoms with Gasteiger partial charge in [-0.25, -0.2) is 4.98 Å². The smallest absolute Gasteiger partial charge is 0.251 e. The second kappa shape index (κ2) is 7.59. The van der Waals surface area contributed by atoms with Gasteiger partial charge in [0.15, 0.2) is 0 Å². The highest BCUT2D eigenvalue weighted by molar-refractivity contribution is 5.95. The van der Waals surface area contributed by atoms with E-state index in [1.807, 2.05) is 60.2 Å². The van der Waals surface area contributed by atoms with E-state index in [0.29, 0.717) is 6.54 Å². The van der Waals surface area contributed by atoms with Crippen molar-refractivity contribution in [3.05, 3.63) is 90.0 Å². The molecule has 1 aromatic heterocycles. The van der Waals surface area contributed by atoms with Gasteiger partial charge in [-0.1, -0.05) is 48.5 Å². The minimum absolute atomic E-state index is 0.0245. The van der Waals surface area contributed by atoms with E-state index in [1.54, 1.807) is 12.5 Å². The predicted octanol–water partition coefficient (Wildman–Crippen LogP) is 3.29. The molecule has 0 saturated heterocycles. The fraction of sp³-hybridized carbons (Fsp3) is 0.200. The van der Waals surface area contributed by atoms with Crippen molar-refractivity contribution in [2.75, 3.05) is 0 Å². The molecule has 1 heterocycles. The standard InChI is InChI=1S/C20H21N3O/c1-16(14-23-12-11-21-15-23)22-20(24)19-10-6-5-9-18(19)13-17-7-3-2-4-8-17/h2-12,15-16H,13-14H2,1H3,(H,22,24). The number of imidazole rings is 1. The molecule has 1 N–H and O–H groups in total. The molecule has 0 radical (unpaired) electrons. The first-order chi connectivity index (χ1) is 11.7. The molecule has 0 spiro atoms. The minimum Gasteiger partial charge on any atom is -0.348 e. The second-order valence-electron chi connectivity index (χ2n) is 5.95. The van der Waals surface area contributed by atoms with Crippen LogP contribution in [-0.2, 0) is 13.0 Å². The lowest BCUT2D eigenvalue weighted by molar-refractivity contribution is 0.0936. The van der Waals surface area contributed by atoms with Crippen molar-refractivity contribution in [2.45, 2.75) is 25.9 Å². The zero-order chi connectivity index (χ0) is 16.8. The maximum Gasteiger partial charge on any atom is 0.251 e. The first kappa shape index (κ1) is 16.0. The van der Waals surface area contributed by atoms with Crippen LogP contribution in [-0.4, -0.2) is 21.5 Å². The van der Waals surface area contributed by atoms with Crippen molar-refractivity contribution in [3.63, 3.8) is 0 Å². The van der Waals surface area contributed by atoms with Crippen LogP contribution in [0.2, 0.25) is 0 Å². The van der Waals surface area contributed by atoms with Crippen molar-refractivity contribution in [1.29, 1.82) is 0 Å². The topological polar surface area (TPSA) is 46.9 Å². The van der Waals surface area contributed by atoms with Crippen molar-refractivity contribution in [1.82, 2.24) is 14.9 Å². The molecule has 0 aliphatic carbocycles. The molecule has 4 heteroatoms. The van der Waals surface area contributed by atoms with Crippen LogP contribution in [0.4, 0.5) is 0 Å². The van der Waals surface area contributed by atoms with Crippen molar-refractivity contribution in [2.24, 2.45) is 0 Å². The Kier molecular flexibility index (Phi) is 5.06. The number of benzene rings is 2. The maximum absolute atomic E-state index is 12.7. The number of carbonyl (C=O) groups excluding carboxylic acids is 1. The molecular formula is C20H21N3O. The SMILES string of the molecule is CC(Cn1ccnc1)NC(=O)c1ccccc1Cc1ccccc1. The van der Waals surface area contributed by atoms with Gasteiger partial charge in [-0.3, -0.25) is 4.79 Å². The summed E-state index contributed by atoms with van der Waals surface area (Å²) in [5.74, 6) is -0.0332. The van der Waals surface area contributed by atoms with Crippen LogP contribution in [0, 0.1) is 0 Å². The van der Waals surface area contributed by atoms with E-state index in [9.17, 15) is 4.79 Å². The van der Waals surface area contributed by atoms with Gasteiger partial charge in [0.25, 0.3) is 5.91 Å². The van der Waals surface area contributed by atoms with Gasteiger partial charge in [-0.05, 0) is 30.5 Å². The van der Waals surface area contributed by atoms with E-state index in [4.69, 9.17) is 0 Å². The third-order valence-electron chi connectivity index (χ3n) is 3.92. The number of nitrogens with zero attached hydrogens (tertiary/aromatic N) is 2. The quantitative estimate of drug-likeness (QED) is 0.758. The molecule has 4 nitrogen and oxygen atoms in total. The highest BCUT2D eigenvalue weighted by atomic mass is 16.1. The number of amides is 1. The summed E-state index contributed by atoms with van der Waals surface area (Å²) in [6, 6.07) is 18.0. The maximum atomic E-state index is 12.7. The van der Waals surface area contributed by atoms with Gasteiger partial charge in [-0.15, -0.1) is 0 Å². The molecule has 3 rings (SSSR count). The summed E-state index contributed by atoms with van der Waals surface area (Å²) >= 11 is 0. The van der Waals surface area contributed by atoms with E-state index in [2.05, 4.69) is 22.4 Å². The van der Waals surface area contributed by atoms with Crippen LogP contribution in [0.1, 0.15) is 28.4 Å². The molecule has 1 amide bonds. The first-order valence-corrected chi connectivity index (χ1v) is 8.11. The lowest BCUT2D eigenvalue weighted by Gasteiger charge is -2.16. The number of nitrogens with one attached hydrogen (secondary N) is 1. The van der Waals surface area contributed by atoms with E-state index in [1.165, 1.54) is 5.56 Å². The largest absolute Gasteiger partial charge is 0.348 e. The molecule has 0 aliphatic heterocycles. The minimum atomic E-state index is -0.0332. The van der Waals surface area contributed by atoms with Crippen LogP contribution in [0.5, 0.6) is 0 Å². The summed E-state index contributed by atoms with van der Waals surface area (Å²) in [6.45, 7) is 2.70. The fourth-order valence-electron chi connectivity index (χ4n) is 2.77. The Morgan fingerprint density at radius 1 is 1.12 bits per heavy atom. The van der Waals surface area contributed by atoms with Crippen LogP contribution < -0.4 is 5.32 Å². The van der Waals surface area contributed by atoms with E-state index in [-0.39, 0.29) is 11.9 Å². The molecule has 0 bridgehead atoms. The lowest BCUT2D eigenvalue weighted by atomic mass is 9.99. The average Bonchev–Trinajstić information content (AvgIpc) is 3.09. The number of carbonyl (C=O) groups is 1. The lowest BCUT2D eigenvalue weighted by Crippen LogP contribution is -2.36. The van der Waals surface area contributed by atoms with E-state index >= 15 is 0 Å². The molecule has 0 fully saturated rings. The van der Waals surface area contributed by atoms with Gasteiger partial charge in [0.2, 0.25) is 0 Å². The molecular weight excluding hydrogens is 298 g/mol. The molecule has 122 valence electrons. The van der Waals surface area contributed by atoms with Crippen LogP contribution in [0.15, 0.2) is 73.3 Å². The normalized spacial score (nSPS) is 11.9. The average molecular weight is 319 g/mol. The third-order valence-corrected chi connectivity index (χ3v) is 3.92. The summed E-state index contributed by atoms with van der Waals surface area (Å²) in [7, 11) is 0. The Labute approximate surface area is 142 Å². The summed E-state index contributed by atoms with van der Waals surface area (Å²) < 4.78 is 1.96. The molecule has 3 aromatic rings. The van der Waals surface area contributed by atoms with Gasteiger partial charge in [0.1, 0.15) is 0 Å². The van der Waals surface area contributed by atoms with Gasteiger partial charge in [0.05, 0.1) is 6.33 Å². The number of aromatic nitrogens is 2. The summed E-state index contributed by atoms with van der Waals surface area (Å²) in [5, 5.41) is 3.07. The summed E-state index contributed by atoms with van der Waals surface area (Å²) in [5.41, 5.74) is 2.97. The predicted molar refractivity (Wildman–Crippen MR) is 94.8 cm³/mol. The highest BCUT2D eigenvalue weighted by Crippen LogP contribution is 2.14. The number of hydrogen-bond donors (Lipinski definition) is 1. The molecule has 0 aliphatic rings. The summed E-state index contributed by atoms with van der Waals surface area (Å²) in [4.78, 5) is 16.7. The van der Waals surface area contributed by atoms with Gasteiger partial charge in [0, 0.05) is 30.5 Å². The third kappa shape index (κ3) is 4.10. The van der Waals surface area contributed by atoms with Gasteiger partial charge < -0.3 is 9.88 Å². The Morgan fingerprint density at radius 3 is 2.62 bits per heavy atom. The zero-order valence-corrected chi connectivity index (χ0v) is 13.7. The van der Waals surface area contributed by atoms with Crippen molar-refractivity contribution < 1.29 is 4.79 Å². The van der Waals surface area contributed by atoms with Crippen LogP contribution >= 0.6 is 0 Å². The van der Waals surface area contributed by atoms with E-state index in [0.717, 1.165) is 17.5 Å². The second-order valence-corrected chi connectivity index (χ2v) is 5.95. The van der Waals surface area contributed by atoms with Crippen LogP contribution in [0.25, 0.3) is 0 Å².